The van der Waals surface area contributed by atoms with Gasteiger partial charge in [0, 0.05) is 18.5 Å². The molecule has 0 N–H and O–H groups in total. The number of hydrogen-bond acceptors (Lipinski definition) is 3. The largest absolute Gasteiger partial charge is 0.361 e. The minimum atomic E-state index is 0.220. The summed E-state index contributed by atoms with van der Waals surface area (Å²) < 4.78 is 5.20. The molecule has 0 unspecified atom stereocenters. The van der Waals surface area contributed by atoms with Crippen LogP contribution >= 0.6 is 0 Å². The molecule has 1 atom stereocenters. The summed E-state index contributed by atoms with van der Waals surface area (Å²) >= 11 is 0. The van der Waals surface area contributed by atoms with Crippen LogP contribution < -0.4 is 0 Å². The van der Waals surface area contributed by atoms with E-state index in [1.807, 2.05) is 13.8 Å². The molecule has 4 heteroatoms. The number of amides is 1. The maximum atomic E-state index is 12.9. The fourth-order valence-corrected chi connectivity index (χ4v) is 3.77. The molecule has 1 amide bonds. The lowest BCUT2D eigenvalue weighted by atomic mass is 9.89. The summed E-state index contributed by atoms with van der Waals surface area (Å²) in [6, 6.07) is 8.78. The summed E-state index contributed by atoms with van der Waals surface area (Å²) in [7, 11) is 0. The zero-order chi connectivity index (χ0) is 17.1. The average molecular weight is 326 g/mol. The minimum absolute atomic E-state index is 0.220. The Morgan fingerprint density at radius 3 is 2.83 bits per heavy atom. The second-order valence-electron chi connectivity index (χ2n) is 6.64. The number of hydrogen-bond donors (Lipinski definition) is 0. The van der Waals surface area contributed by atoms with Gasteiger partial charge >= 0.3 is 0 Å². The first-order valence-corrected chi connectivity index (χ1v) is 8.90. The lowest BCUT2D eigenvalue weighted by molar-refractivity contribution is -0.134. The molecule has 2 aromatic rings. The van der Waals surface area contributed by atoms with E-state index in [2.05, 4.69) is 41.2 Å². The fourth-order valence-electron chi connectivity index (χ4n) is 3.77. The van der Waals surface area contributed by atoms with Crippen molar-refractivity contribution in [1.82, 2.24) is 10.1 Å². The van der Waals surface area contributed by atoms with Crippen LogP contribution in [0.4, 0.5) is 0 Å². The van der Waals surface area contributed by atoms with Crippen molar-refractivity contribution < 1.29 is 9.32 Å². The monoisotopic (exact) mass is 326 g/mol. The molecule has 0 fully saturated rings. The Balaban J connectivity index is 1.74. The van der Waals surface area contributed by atoms with E-state index in [1.165, 1.54) is 11.1 Å². The SMILES string of the molecule is CCC[C@@H]1c2ccccc2CCN1C(=O)CCc1c(C)noc1C. The van der Waals surface area contributed by atoms with Gasteiger partial charge in [0.1, 0.15) is 5.76 Å². The predicted octanol–water partition coefficient (Wildman–Crippen LogP) is 4.15. The van der Waals surface area contributed by atoms with Gasteiger partial charge in [0.2, 0.25) is 5.91 Å². The smallest absolute Gasteiger partial charge is 0.223 e. The molecule has 0 radical (unpaired) electrons. The van der Waals surface area contributed by atoms with Crippen molar-refractivity contribution >= 4 is 5.91 Å². The lowest BCUT2D eigenvalue weighted by Crippen LogP contribution is -2.40. The van der Waals surface area contributed by atoms with Crippen molar-refractivity contribution in [2.45, 2.75) is 58.9 Å². The Labute approximate surface area is 143 Å². The molecule has 4 nitrogen and oxygen atoms in total. The molecular formula is C20H26N2O2. The van der Waals surface area contributed by atoms with E-state index >= 15 is 0 Å². The van der Waals surface area contributed by atoms with Crippen LogP contribution in [-0.4, -0.2) is 22.5 Å². The van der Waals surface area contributed by atoms with Crippen molar-refractivity contribution in [3.63, 3.8) is 0 Å². The zero-order valence-corrected chi connectivity index (χ0v) is 14.8. The van der Waals surface area contributed by atoms with E-state index in [-0.39, 0.29) is 11.9 Å². The summed E-state index contributed by atoms with van der Waals surface area (Å²) in [5.41, 5.74) is 4.70. The third kappa shape index (κ3) is 3.23. The Bertz CT molecular complexity index is 701. The maximum Gasteiger partial charge on any atom is 0.223 e. The summed E-state index contributed by atoms with van der Waals surface area (Å²) in [6.45, 7) is 6.86. The molecular weight excluding hydrogens is 300 g/mol. The minimum Gasteiger partial charge on any atom is -0.361 e. The Morgan fingerprint density at radius 2 is 2.12 bits per heavy atom. The van der Waals surface area contributed by atoms with Crippen LogP contribution in [0.1, 0.15) is 60.4 Å². The molecule has 1 aromatic heterocycles. The maximum absolute atomic E-state index is 12.9. The van der Waals surface area contributed by atoms with Gasteiger partial charge in [0.05, 0.1) is 11.7 Å². The van der Waals surface area contributed by atoms with E-state index in [4.69, 9.17) is 4.52 Å². The molecule has 0 saturated heterocycles. The van der Waals surface area contributed by atoms with Crippen molar-refractivity contribution in [3.05, 3.63) is 52.4 Å². The van der Waals surface area contributed by atoms with Crippen LogP contribution in [0.3, 0.4) is 0 Å². The third-order valence-electron chi connectivity index (χ3n) is 5.06. The Morgan fingerprint density at radius 1 is 1.33 bits per heavy atom. The van der Waals surface area contributed by atoms with Gasteiger partial charge in [0.15, 0.2) is 0 Å². The third-order valence-corrected chi connectivity index (χ3v) is 5.06. The Kier molecular flexibility index (Phi) is 5.03. The second-order valence-corrected chi connectivity index (χ2v) is 6.64. The highest BCUT2D eigenvalue weighted by Crippen LogP contribution is 2.33. The molecule has 2 heterocycles. The predicted molar refractivity (Wildman–Crippen MR) is 93.8 cm³/mol. The van der Waals surface area contributed by atoms with Crippen LogP contribution in [0.15, 0.2) is 28.8 Å². The highest BCUT2D eigenvalue weighted by molar-refractivity contribution is 5.77. The first kappa shape index (κ1) is 16.7. The van der Waals surface area contributed by atoms with Gasteiger partial charge in [-0.3, -0.25) is 4.79 Å². The lowest BCUT2D eigenvalue weighted by Gasteiger charge is -2.37. The molecule has 1 aliphatic rings. The van der Waals surface area contributed by atoms with Gasteiger partial charge in [-0.25, -0.2) is 0 Å². The number of benzene rings is 1. The number of carbonyl (C=O) groups excluding carboxylic acids is 1. The first-order valence-electron chi connectivity index (χ1n) is 8.90. The molecule has 0 saturated carbocycles. The summed E-state index contributed by atoms with van der Waals surface area (Å²) in [4.78, 5) is 15.0. The number of fused-ring (bicyclic) bond motifs is 1. The van der Waals surface area contributed by atoms with Crippen LogP contribution in [-0.2, 0) is 17.6 Å². The first-order chi connectivity index (χ1) is 11.6. The number of aromatic nitrogens is 1. The van der Waals surface area contributed by atoms with E-state index < -0.39 is 0 Å². The number of carbonyl (C=O) groups is 1. The molecule has 0 bridgehead atoms. The Hall–Kier alpha value is -2.10. The molecule has 128 valence electrons. The highest BCUT2D eigenvalue weighted by atomic mass is 16.5. The summed E-state index contributed by atoms with van der Waals surface area (Å²) in [6.07, 6.45) is 4.27. The van der Waals surface area contributed by atoms with Crippen LogP contribution in [0.2, 0.25) is 0 Å². The van der Waals surface area contributed by atoms with E-state index in [0.29, 0.717) is 12.8 Å². The second kappa shape index (κ2) is 7.20. The van der Waals surface area contributed by atoms with Gasteiger partial charge in [-0.15, -0.1) is 0 Å². The zero-order valence-electron chi connectivity index (χ0n) is 14.8. The van der Waals surface area contributed by atoms with Gasteiger partial charge < -0.3 is 9.42 Å². The quantitative estimate of drug-likeness (QED) is 0.829. The molecule has 0 aliphatic carbocycles. The van der Waals surface area contributed by atoms with E-state index in [1.54, 1.807) is 0 Å². The normalized spacial score (nSPS) is 17.0. The molecule has 0 spiro atoms. The summed E-state index contributed by atoms with van der Waals surface area (Å²) in [5, 5.41) is 3.98. The van der Waals surface area contributed by atoms with Crippen LogP contribution in [0.5, 0.6) is 0 Å². The fraction of sp³-hybridized carbons (Fsp3) is 0.500. The number of aryl methyl sites for hydroxylation is 2. The van der Waals surface area contributed by atoms with E-state index in [0.717, 1.165) is 42.8 Å². The topological polar surface area (TPSA) is 46.3 Å². The van der Waals surface area contributed by atoms with Gasteiger partial charge in [-0.05, 0) is 44.2 Å². The number of nitrogens with zero attached hydrogens (tertiary/aromatic N) is 2. The van der Waals surface area contributed by atoms with Gasteiger partial charge in [0.25, 0.3) is 0 Å². The molecule has 1 aliphatic heterocycles. The van der Waals surface area contributed by atoms with Gasteiger partial charge in [-0.1, -0.05) is 42.8 Å². The van der Waals surface area contributed by atoms with Crippen molar-refractivity contribution in [3.8, 4) is 0 Å². The molecule has 1 aromatic carbocycles. The average Bonchev–Trinajstić information content (AvgIpc) is 2.91. The van der Waals surface area contributed by atoms with Crippen molar-refractivity contribution in [2.24, 2.45) is 0 Å². The standard InChI is InChI=1S/C20H26N2O2/c1-4-7-19-18-9-6-5-8-16(18)12-13-22(19)20(23)11-10-17-14(2)21-24-15(17)3/h5-6,8-9,19H,4,7,10-13H2,1-3H3/t19-/m1/s1. The van der Waals surface area contributed by atoms with Crippen LogP contribution in [0, 0.1) is 13.8 Å². The van der Waals surface area contributed by atoms with Gasteiger partial charge in [-0.2, -0.15) is 0 Å². The van der Waals surface area contributed by atoms with Crippen molar-refractivity contribution in [1.29, 1.82) is 0 Å². The molecule has 3 rings (SSSR count). The highest BCUT2D eigenvalue weighted by Gasteiger charge is 2.29. The van der Waals surface area contributed by atoms with Crippen molar-refractivity contribution in [2.75, 3.05) is 6.54 Å². The molecule has 24 heavy (non-hydrogen) atoms. The number of rotatable bonds is 5. The summed E-state index contributed by atoms with van der Waals surface area (Å²) in [5.74, 6) is 1.07. The van der Waals surface area contributed by atoms with Crippen LogP contribution in [0.25, 0.3) is 0 Å². The van der Waals surface area contributed by atoms with E-state index in [9.17, 15) is 4.79 Å².